The molecule has 3 rings (SSSR count). The largest absolute Gasteiger partial charge is 0.478 e. The van der Waals surface area contributed by atoms with Crippen LogP contribution in [0.15, 0.2) is 77.7 Å². The normalized spacial score (nSPS) is 11.4. The summed E-state index contributed by atoms with van der Waals surface area (Å²) in [5.41, 5.74) is 0.886. The lowest BCUT2D eigenvalue weighted by Crippen LogP contribution is -2.22. The van der Waals surface area contributed by atoms with Gasteiger partial charge in [-0.2, -0.15) is 0 Å². The number of benzene rings is 3. The van der Waals surface area contributed by atoms with Crippen LogP contribution in [0, 0.1) is 5.82 Å². The van der Waals surface area contributed by atoms with E-state index in [1.54, 1.807) is 49.4 Å². The van der Waals surface area contributed by atoms with Crippen LogP contribution in [0.3, 0.4) is 0 Å². The van der Waals surface area contributed by atoms with Gasteiger partial charge in [-0.3, -0.25) is 9.59 Å². The highest BCUT2D eigenvalue weighted by atomic mass is 32.2. The summed E-state index contributed by atoms with van der Waals surface area (Å²) < 4.78 is 13.8. The minimum absolute atomic E-state index is 0.0584. The summed E-state index contributed by atoms with van der Waals surface area (Å²) in [7, 11) is 0. The fraction of sp³-hybridized carbons (Fsp3) is 0.0870. The van der Waals surface area contributed by atoms with Gasteiger partial charge in [0.25, 0.3) is 5.91 Å². The van der Waals surface area contributed by atoms with E-state index in [1.807, 2.05) is 0 Å². The van der Waals surface area contributed by atoms with Crippen LogP contribution in [0.4, 0.5) is 15.8 Å². The summed E-state index contributed by atoms with van der Waals surface area (Å²) in [6.45, 7) is 1.71. The van der Waals surface area contributed by atoms with Crippen molar-refractivity contribution < 1.29 is 23.9 Å². The fourth-order valence-electron chi connectivity index (χ4n) is 2.72. The number of carboxylic acid groups (broad SMARTS) is 1. The first-order valence-corrected chi connectivity index (χ1v) is 10.2. The number of nitrogens with one attached hydrogen (secondary N) is 2. The predicted octanol–water partition coefficient (Wildman–Crippen LogP) is 4.90. The van der Waals surface area contributed by atoms with Crippen molar-refractivity contribution in [2.75, 3.05) is 10.6 Å². The molecule has 2 amide bonds. The molecule has 0 saturated carbocycles. The molecule has 3 aromatic carbocycles. The maximum absolute atomic E-state index is 13.8. The van der Waals surface area contributed by atoms with Crippen molar-refractivity contribution in [2.45, 2.75) is 17.1 Å². The number of anilines is 2. The molecule has 1 atom stereocenters. The Morgan fingerprint density at radius 3 is 2.29 bits per heavy atom. The van der Waals surface area contributed by atoms with Crippen LogP contribution in [-0.4, -0.2) is 28.1 Å². The molecule has 3 aromatic rings. The zero-order valence-electron chi connectivity index (χ0n) is 16.5. The summed E-state index contributed by atoms with van der Waals surface area (Å²) in [5.74, 6) is -2.55. The Morgan fingerprint density at radius 2 is 1.58 bits per heavy atom. The van der Waals surface area contributed by atoms with Crippen LogP contribution in [0.1, 0.15) is 27.6 Å². The number of hydrogen-bond donors (Lipinski definition) is 3. The maximum atomic E-state index is 13.8. The van der Waals surface area contributed by atoms with Gasteiger partial charge in [-0.25, -0.2) is 9.18 Å². The third-order valence-electron chi connectivity index (χ3n) is 4.27. The third-order valence-corrected chi connectivity index (χ3v) is 5.36. The molecule has 3 N–H and O–H groups in total. The standard InChI is InChI=1S/C23H19FN2O4S/c1-14(21(27)25-16-7-4-6-15(12-16)23(29)30)31-18-9-5-8-17(13-18)26-22(28)19-10-2-3-11-20(19)24/h2-14H,1H3,(H,25,27)(H,26,28)(H,29,30). The molecule has 0 aliphatic rings. The smallest absolute Gasteiger partial charge is 0.335 e. The number of aromatic carboxylic acids is 1. The van der Waals surface area contributed by atoms with Crippen LogP contribution in [0.5, 0.6) is 0 Å². The van der Waals surface area contributed by atoms with E-state index in [9.17, 15) is 18.8 Å². The van der Waals surface area contributed by atoms with Gasteiger partial charge in [-0.05, 0) is 55.5 Å². The van der Waals surface area contributed by atoms with Crippen LogP contribution >= 0.6 is 11.8 Å². The monoisotopic (exact) mass is 438 g/mol. The van der Waals surface area contributed by atoms with E-state index in [-0.39, 0.29) is 17.0 Å². The van der Waals surface area contributed by atoms with Crippen molar-refractivity contribution in [1.29, 1.82) is 0 Å². The molecule has 8 heteroatoms. The summed E-state index contributed by atoms with van der Waals surface area (Å²) in [6.07, 6.45) is 0. The van der Waals surface area contributed by atoms with Gasteiger partial charge >= 0.3 is 5.97 Å². The molecule has 0 aromatic heterocycles. The van der Waals surface area contributed by atoms with Crippen LogP contribution in [-0.2, 0) is 4.79 Å². The Balaban J connectivity index is 1.64. The molecule has 31 heavy (non-hydrogen) atoms. The predicted molar refractivity (Wildman–Crippen MR) is 118 cm³/mol. The fourth-order valence-corrected chi connectivity index (χ4v) is 3.65. The quantitative estimate of drug-likeness (QED) is 0.456. The van der Waals surface area contributed by atoms with Gasteiger partial charge in [-0.1, -0.05) is 24.3 Å². The minimum Gasteiger partial charge on any atom is -0.478 e. The number of hydrogen-bond acceptors (Lipinski definition) is 4. The van der Waals surface area contributed by atoms with Crippen molar-refractivity contribution in [1.82, 2.24) is 0 Å². The molecule has 0 radical (unpaired) electrons. The van der Waals surface area contributed by atoms with Gasteiger partial charge in [0.15, 0.2) is 0 Å². The number of amides is 2. The highest BCUT2D eigenvalue weighted by Gasteiger charge is 2.16. The van der Waals surface area contributed by atoms with Crippen molar-refractivity contribution in [3.63, 3.8) is 0 Å². The Bertz CT molecular complexity index is 1140. The molecule has 0 fully saturated rings. The van der Waals surface area contributed by atoms with Crippen LogP contribution in [0.2, 0.25) is 0 Å². The van der Waals surface area contributed by atoms with E-state index in [0.29, 0.717) is 11.4 Å². The first-order valence-electron chi connectivity index (χ1n) is 9.30. The van der Waals surface area contributed by atoms with Crippen molar-refractivity contribution in [3.8, 4) is 0 Å². The summed E-state index contributed by atoms with van der Waals surface area (Å²) >= 11 is 1.27. The number of carbonyl (C=O) groups is 3. The number of carbonyl (C=O) groups excluding carboxylic acids is 2. The highest BCUT2D eigenvalue weighted by Crippen LogP contribution is 2.27. The second kappa shape index (κ2) is 9.90. The molecule has 6 nitrogen and oxygen atoms in total. The minimum atomic E-state index is -1.08. The van der Waals surface area contributed by atoms with Crippen LogP contribution in [0.25, 0.3) is 0 Å². The van der Waals surface area contributed by atoms with Gasteiger partial charge in [0.2, 0.25) is 5.91 Å². The first-order chi connectivity index (χ1) is 14.8. The van der Waals surface area contributed by atoms with E-state index in [0.717, 1.165) is 4.90 Å². The summed E-state index contributed by atoms with van der Waals surface area (Å²) in [6, 6.07) is 18.6. The maximum Gasteiger partial charge on any atom is 0.335 e. The van der Waals surface area contributed by atoms with E-state index in [1.165, 1.54) is 42.1 Å². The summed E-state index contributed by atoms with van der Waals surface area (Å²) in [4.78, 5) is 36.6. The van der Waals surface area contributed by atoms with E-state index in [2.05, 4.69) is 10.6 Å². The van der Waals surface area contributed by atoms with Gasteiger partial charge < -0.3 is 15.7 Å². The van der Waals surface area contributed by atoms with Crippen molar-refractivity contribution in [3.05, 3.63) is 89.7 Å². The van der Waals surface area contributed by atoms with Gasteiger partial charge in [0.05, 0.1) is 16.4 Å². The Labute approximate surface area is 182 Å². The van der Waals surface area contributed by atoms with E-state index >= 15 is 0 Å². The lowest BCUT2D eigenvalue weighted by Gasteiger charge is -2.13. The van der Waals surface area contributed by atoms with Crippen molar-refractivity contribution in [2.24, 2.45) is 0 Å². The zero-order chi connectivity index (χ0) is 22.4. The molecule has 1 unspecified atom stereocenters. The molecule has 0 aliphatic heterocycles. The number of carboxylic acids is 1. The average molecular weight is 438 g/mol. The number of rotatable bonds is 7. The zero-order valence-corrected chi connectivity index (χ0v) is 17.3. The molecule has 0 aliphatic carbocycles. The van der Waals surface area contributed by atoms with Crippen LogP contribution < -0.4 is 10.6 Å². The molecule has 158 valence electrons. The van der Waals surface area contributed by atoms with Gasteiger partial charge in [0.1, 0.15) is 5.82 Å². The Kier molecular flexibility index (Phi) is 7.04. The molecule has 0 heterocycles. The average Bonchev–Trinajstić information content (AvgIpc) is 2.74. The second-order valence-corrected chi connectivity index (χ2v) is 8.01. The molecule has 0 spiro atoms. The number of thioether (sulfide) groups is 1. The SMILES string of the molecule is CC(Sc1cccc(NC(=O)c2ccccc2F)c1)C(=O)Nc1cccc(C(=O)O)c1. The van der Waals surface area contributed by atoms with Crippen molar-refractivity contribution >= 4 is 40.9 Å². The second-order valence-electron chi connectivity index (χ2n) is 6.60. The summed E-state index contributed by atoms with van der Waals surface area (Å²) in [5, 5.41) is 13.9. The third kappa shape index (κ3) is 5.93. The van der Waals surface area contributed by atoms with Gasteiger partial charge in [-0.15, -0.1) is 11.8 Å². The Morgan fingerprint density at radius 1 is 0.903 bits per heavy atom. The lowest BCUT2D eigenvalue weighted by molar-refractivity contribution is -0.115. The van der Waals surface area contributed by atoms with E-state index < -0.39 is 22.9 Å². The topological polar surface area (TPSA) is 95.5 Å². The lowest BCUT2D eigenvalue weighted by atomic mass is 10.2. The molecule has 0 bridgehead atoms. The first kappa shape index (κ1) is 22.0. The number of halogens is 1. The molecular formula is C23H19FN2O4S. The highest BCUT2D eigenvalue weighted by molar-refractivity contribution is 8.00. The Hall–Kier alpha value is -3.65. The molecular weight excluding hydrogens is 419 g/mol. The molecule has 0 saturated heterocycles. The van der Waals surface area contributed by atoms with E-state index in [4.69, 9.17) is 5.11 Å². The van der Waals surface area contributed by atoms with Gasteiger partial charge in [0, 0.05) is 16.3 Å².